The molecule has 0 saturated heterocycles. The van der Waals surface area contributed by atoms with Gasteiger partial charge in [0.2, 0.25) is 0 Å². The fourth-order valence-electron chi connectivity index (χ4n) is 1.64. The lowest BCUT2D eigenvalue weighted by molar-refractivity contribution is 0.102. The van der Waals surface area contributed by atoms with Crippen LogP contribution >= 0.6 is 0 Å². The van der Waals surface area contributed by atoms with Gasteiger partial charge in [0.05, 0.1) is 17.4 Å². The molecule has 0 aliphatic rings. The highest BCUT2D eigenvalue weighted by Gasteiger charge is 2.15. The fraction of sp³-hybridized carbons (Fsp3) is 0.231. The number of nitrogens with one attached hydrogen (secondary N) is 1. The van der Waals surface area contributed by atoms with Gasteiger partial charge in [-0.3, -0.25) is 9.48 Å². The number of rotatable bonds is 3. The van der Waals surface area contributed by atoms with Crippen LogP contribution in [0.2, 0.25) is 0 Å². The Morgan fingerprint density at radius 1 is 1.35 bits per heavy atom. The van der Waals surface area contributed by atoms with Crippen molar-refractivity contribution in [2.75, 3.05) is 11.1 Å². The molecule has 2 aromatic rings. The van der Waals surface area contributed by atoms with E-state index in [4.69, 9.17) is 5.73 Å². The van der Waals surface area contributed by atoms with Gasteiger partial charge in [0, 0.05) is 24.0 Å². The van der Waals surface area contributed by atoms with Gasteiger partial charge in [0.1, 0.15) is 0 Å². The van der Waals surface area contributed by atoms with E-state index in [-0.39, 0.29) is 17.3 Å². The summed E-state index contributed by atoms with van der Waals surface area (Å²) >= 11 is 0. The van der Waals surface area contributed by atoms with E-state index >= 15 is 0 Å². The monoisotopic (exact) mass is 280 g/mol. The quantitative estimate of drug-likeness (QED) is 0.849. The van der Waals surface area contributed by atoms with Gasteiger partial charge in [-0.25, -0.2) is 8.78 Å². The summed E-state index contributed by atoms with van der Waals surface area (Å²) in [5.74, 6) is -2.83. The molecule has 1 heterocycles. The van der Waals surface area contributed by atoms with Crippen LogP contribution in [0, 0.1) is 11.6 Å². The molecular formula is C13H14F2N4O. The molecule has 1 aromatic heterocycles. The van der Waals surface area contributed by atoms with Gasteiger partial charge < -0.3 is 11.1 Å². The zero-order valence-corrected chi connectivity index (χ0v) is 11.0. The number of aromatic nitrogens is 2. The zero-order valence-electron chi connectivity index (χ0n) is 11.0. The van der Waals surface area contributed by atoms with Crippen molar-refractivity contribution in [3.05, 3.63) is 41.7 Å². The Morgan fingerprint density at radius 3 is 2.60 bits per heavy atom. The molecule has 0 saturated carbocycles. The van der Waals surface area contributed by atoms with Crippen molar-refractivity contribution in [1.82, 2.24) is 9.78 Å². The Bertz CT molecular complexity index is 652. The lowest BCUT2D eigenvalue weighted by atomic mass is 10.1. The molecular weight excluding hydrogens is 266 g/mol. The number of carbonyl (C=O) groups is 1. The molecule has 0 unspecified atom stereocenters. The Labute approximate surface area is 114 Å². The second kappa shape index (κ2) is 5.28. The number of nitrogen functional groups attached to an aromatic ring is 1. The van der Waals surface area contributed by atoms with Crippen molar-refractivity contribution in [3.8, 4) is 0 Å². The molecule has 106 valence electrons. The molecule has 0 aliphatic heterocycles. The predicted molar refractivity (Wildman–Crippen MR) is 71.3 cm³/mol. The first-order chi connectivity index (χ1) is 9.38. The topological polar surface area (TPSA) is 72.9 Å². The summed E-state index contributed by atoms with van der Waals surface area (Å²) in [4.78, 5) is 12.0. The van der Waals surface area contributed by atoms with Crippen molar-refractivity contribution in [1.29, 1.82) is 0 Å². The van der Waals surface area contributed by atoms with Crippen LogP contribution in [-0.2, 0) is 0 Å². The maximum absolute atomic E-state index is 13.1. The zero-order chi connectivity index (χ0) is 14.9. The molecule has 5 nitrogen and oxygen atoms in total. The number of amides is 1. The van der Waals surface area contributed by atoms with Gasteiger partial charge >= 0.3 is 0 Å². The van der Waals surface area contributed by atoms with Crippen molar-refractivity contribution in [3.63, 3.8) is 0 Å². The molecule has 3 N–H and O–H groups in total. The molecule has 1 aromatic carbocycles. The lowest BCUT2D eigenvalue weighted by Crippen LogP contribution is -2.14. The minimum absolute atomic E-state index is 0.124. The first-order valence-corrected chi connectivity index (χ1v) is 5.98. The molecule has 1 amide bonds. The molecule has 0 radical (unpaired) electrons. The highest BCUT2D eigenvalue weighted by molar-refractivity contribution is 6.07. The summed E-state index contributed by atoms with van der Waals surface area (Å²) in [5, 5.41) is 6.58. The lowest BCUT2D eigenvalue weighted by Gasteiger charge is -2.07. The Morgan fingerprint density at radius 2 is 2.00 bits per heavy atom. The first kappa shape index (κ1) is 14.0. The summed E-state index contributed by atoms with van der Waals surface area (Å²) in [6.45, 7) is 3.87. The average Bonchev–Trinajstić information content (AvgIpc) is 2.82. The van der Waals surface area contributed by atoms with Crippen LogP contribution < -0.4 is 11.1 Å². The smallest absolute Gasteiger partial charge is 0.257 e. The SMILES string of the molecule is CC(C)n1cc(NC(=O)c2cc(F)c(F)cc2N)cn1. The van der Waals surface area contributed by atoms with Gasteiger partial charge in [-0.2, -0.15) is 5.10 Å². The maximum Gasteiger partial charge on any atom is 0.257 e. The van der Waals surface area contributed by atoms with E-state index in [0.717, 1.165) is 12.1 Å². The minimum Gasteiger partial charge on any atom is -0.398 e. The van der Waals surface area contributed by atoms with Crippen LogP contribution in [0.4, 0.5) is 20.2 Å². The number of hydrogen-bond donors (Lipinski definition) is 2. The Kier molecular flexibility index (Phi) is 3.69. The highest BCUT2D eigenvalue weighted by atomic mass is 19.2. The second-order valence-corrected chi connectivity index (χ2v) is 4.61. The standard InChI is InChI=1S/C13H14F2N4O/c1-7(2)19-6-8(5-17-19)18-13(20)9-3-10(14)11(15)4-12(9)16/h3-7H,16H2,1-2H3,(H,18,20). The Balaban J connectivity index is 2.21. The highest BCUT2D eigenvalue weighted by Crippen LogP contribution is 2.19. The number of halogens is 2. The van der Waals surface area contributed by atoms with Crippen LogP contribution in [0.3, 0.4) is 0 Å². The molecule has 0 spiro atoms. The van der Waals surface area contributed by atoms with E-state index in [9.17, 15) is 13.6 Å². The molecule has 0 atom stereocenters. The fourth-order valence-corrected chi connectivity index (χ4v) is 1.64. The van der Waals surface area contributed by atoms with E-state index in [0.29, 0.717) is 5.69 Å². The van der Waals surface area contributed by atoms with E-state index in [1.807, 2.05) is 13.8 Å². The molecule has 0 aliphatic carbocycles. The maximum atomic E-state index is 13.1. The number of benzene rings is 1. The van der Waals surface area contributed by atoms with Gasteiger partial charge in [-0.1, -0.05) is 0 Å². The largest absolute Gasteiger partial charge is 0.398 e. The van der Waals surface area contributed by atoms with Crippen LogP contribution in [-0.4, -0.2) is 15.7 Å². The summed E-state index contributed by atoms with van der Waals surface area (Å²) in [7, 11) is 0. The van der Waals surface area contributed by atoms with E-state index < -0.39 is 17.5 Å². The van der Waals surface area contributed by atoms with Gasteiger partial charge in [-0.15, -0.1) is 0 Å². The third kappa shape index (κ3) is 2.76. The third-order valence-electron chi connectivity index (χ3n) is 2.73. The van der Waals surface area contributed by atoms with Gasteiger partial charge in [-0.05, 0) is 19.9 Å². The van der Waals surface area contributed by atoms with Crippen molar-refractivity contribution in [2.45, 2.75) is 19.9 Å². The van der Waals surface area contributed by atoms with Gasteiger partial charge in [0.25, 0.3) is 5.91 Å². The van der Waals surface area contributed by atoms with Crippen molar-refractivity contribution in [2.24, 2.45) is 0 Å². The second-order valence-electron chi connectivity index (χ2n) is 4.61. The number of anilines is 2. The van der Waals surface area contributed by atoms with E-state index in [1.54, 1.807) is 10.9 Å². The van der Waals surface area contributed by atoms with E-state index in [2.05, 4.69) is 10.4 Å². The predicted octanol–water partition coefficient (Wildman–Crippen LogP) is 2.58. The van der Waals surface area contributed by atoms with Gasteiger partial charge in [0.15, 0.2) is 11.6 Å². The number of hydrogen-bond acceptors (Lipinski definition) is 3. The summed E-state index contributed by atoms with van der Waals surface area (Å²) in [6.07, 6.45) is 3.10. The number of nitrogens with two attached hydrogens (primary N) is 1. The summed E-state index contributed by atoms with van der Waals surface area (Å²) in [5.41, 5.74) is 5.71. The van der Waals surface area contributed by atoms with E-state index in [1.165, 1.54) is 6.20 Å². The molecule has 20 heavy (non-hydrogen) atoms. The van der Waals surface area contributed by atoms with Crippen LogP contribution in [0.1, 0.15) is 30.2 Å². The first-order valence-electron chi connectivity index (χ1n) is 5.98. The normalized spacial score (nSPS) is 10.8. The number of nitrogens with zero attached hydrogens (tertiary/aromatic N) is 2. The van der Waals surface area contributed by atoms with Crippen molar-refractivity contribution < 1.29 is 13.6 Å². The average molecular weight is 280 g/mol. The third-order valence-corrected chi connectivity index (χ3v) is 2.73. The van der Waals surface area contributed by atoms with Crippen LogP contribution in [0.25, 0.3) is 0 Å². The summed E-state index contributed by atoms with van der Waals surface area (Å²) < 4.78 is 27.7. The summed E-state index contributed by atoms with van der Waals surface area (Å²) in [6, 6.07) is 1.70. The molecule has 0 bridgehead atoms. The molecule has 0 fully saturated rings. The van der Waals surface area contributed by atoms with Crippen LogP contribution in [0.15, 0.2) is 24.5 Å². The van der Waals surface area contributed by atoms with Crippen LogP contribution in [0.5, 0.6) is 0 Å². The van der Waals surface area contributed by atoms with Crippen molar-refractivity contribution >= 4 is 17.3 Å². The Hall–Kier alpha value is -2.44. The molecule has 7 heteroatoms. The minimum atomic E-state index is -1.12. The molecule has 2 rings (SSSR count). The number of carbonyl (C=O) groups excluding carboxylic acids is 1.